The van der Waals surface area contributed by atoms with Gasteiger partial charge >= 0.3 is 51.4 Å². The van der Waals surface area contributed by atoms with Gasteiger partial charge in [0.25, 0.3) is 0 Å². The van der Waals surface area contributed by atoms with Gasteiger partial charge in [-0.25, -0.2) is 0 Å². The average Bonchev–Trinajstić information content (AvgIpc) is 3.60. The molecule has 2 saturated heterocycles. The maximum atomic E-state index is 8.89. The molecule has 0 radical (unpaired) electrons. The quantitative estimate of drug-likeness (QED) is 0.132. The molecule has 4 rings (SSSR count). The summed E-state index contributed by atoms with van der Waals surface area (Å²) in [5, 5.41) is 8.89. The van der Waals surface area contributed by atoms with Crippen LogP contribution >= 0.6 is 0 Å². The number of hydrogen-bond donors (Lipinski definition) is 1. The molecule has 2 unspecified atom stereocenters. The third-order valence-electron chi connectivity index (χ3n) is 7.50. The van der Waals surface area contributed by atoms with Gasteiger partial charge in [-0.15, -0.1) is 0 Å². The van der Waals surface area contributed by atoms with Crippen LogP contribution in [0.1, 0.15) is 92.8 Å². The van der Waals surface area contributed by atoms with E-state index in [0.717, 1.165) is 104 Å². The number of aliphatic hydroxyl groups is 1. The Morgan fingerprint density at radius 1 is 0.500 bits per heavy atom. The molecule has 0 saturated carbocycles. The van der Waals surface area contributed by atoms with Crippen LogP contribution < -0.4 is 51.4 Å². The molecule has 2 aliphatic carbocycles. The number of ether oxygens (including phenoxy) is 9. The van der Waals surface area contributed by atoms with E-state index >= 15 is 0 Å². The third kappa shape index (κ3) is 21.7. The van der Waals surface area contributed by atoms with Crippen molar-refractivity contribution in [2.45, 2.75) is 128 Å². The molecule has 0 bridgehead atoms. The molecule has 266 valence electrons. The second-order valence-electron chi connectivity index (χ2n) is 11.5. The zero-order valence-electron chi connectivity index (χ0n) is 30.5. The van der Waals surface area contributed by atoms with Crippen LogP contribution in [0.3, 0.4) is 0 Å². The fraction of sp³-hybridized carbons (Fsp3) is 0.886. The number of allylic oxidation sites excluding steroid dienone is 4. The summed E-state index contributed by atoms with van der Waals surface area (Å²) in [6.45, 7) is 13.2. The molecule has 4 aliphatic rings. The first kappa shape index (κ1) is 44.7. The molecular weight excluding hydrogens is 619 g/mol. The maximum absolute atomic E-state index is 8.89. The molecule has 0 aromatic carbocycles. The predicted octanol–water partition coefficient (Wildman–Crippen LogP) is 2.86. The Labute approximate surface area is 323 Å². The van der Waals surface area contributed by atoms with Crippen LogP contribution in [0.5, 0.6) is 0 Å². The van der Waals surface area contributed by atoms with Crippen LogP contribution in [0.4, 0.5) is 0 Å². The van der Waals surface area contributed by atoms with Gasteiger partial charge in [-0.1, -0.05) is 45.1 Å². The molecule has 2 aliphatic heterocycles. The van der Waals surface area contributed by atoms with Crippen molar-refractivity contribution in [3.05, 3.63) is 24.3 Å². The van der Waals surface area contributed by atoms with Crippen LogP contribution in [0.25, 0.3) is 0 Å². The summed E-state index contributed by atoms with van der Waals surface area (Å²) in [5.74, 6) is 0. The Bertz CT molecular complexity index is 690. The second-order valence-corrected chi connectivity index (χ2v) is 11.5. The van der Waals surface area contributed by atoms with Crippen molar-refractivity contribution < 1.29 is 101 Å². The van der Waals surface area contributed by atoms with E-state index < -0.39 is 0 Å². The molecule has 46 heavy (non-hydrogen) atoms. The van der Waals surface area contributed by atoms with E-state index in [0.29, 0.717) is 33.0 Å². The number of rotatable bonds is 18. The van der Waals surface area contributed by atoms with Gasteiger partial charge < -0.3 is 49.2 Å². The number of fused-ring (bicyclic) bond motifs is 2. The minimum Gasteiger partial charge on any atom is -1.00 e. The molecular formula is C35H65KO10. The monoisotopic (exact) mass is 684 g/mol. The molecule has 0 spiro atoms. The third-order valence-corrected chi connectivity index (χ3v) is 7.50. The van der Waals surface area contributed by atoms with Crippen molar-refractivity contribution in [1.82, 2.24) is 0 Å². The second kappa shape index (κ2) is 31.7. The van der Waals surface area contributed by atoms with Gasteiger partial charge in [0.1, 0.15) is 0 Å². The number of aliphatic hydroxyl groups excluding tert-OH is 1. The molecule has 11 heteroatoms. The van der Waals surface area contributed by atoms with Gasteiger partial charge in [-0.05, 0) is 70.6 Å². The van der Waals surface area contributed by atoms with E-state index in [1.54, 1.807) is 0 Å². The topological polar surface area (TPSA) is 103 Å². The normalized spacial score (nSPS) is 28.3. The van der Waals surface area contributed by atoms with E-state index in [4.69, 9.17) is 47.7 Å². The first-order valence-corrected chi connectivity index (χ1v) is 17.6. The number of hydrogen-bond acceptors (Lipinski definition) is 10. The summed E-state index contributed by atoms with van der Waals surface area (Å²) < 4.78 is 49.7. The summed E-state index contributed by atoms with van der Waals surface area (Å²) in [7, 11) is 0. The first-order valence-electron chi connectivity index (χ1n) is 17.6. The average molecular weight is 685 g/mol. The SMILES string of the molecule is CCCOCCOCCC.CCCOCCOCCOCC1O[C@H]2CC/C=C/CC[C@H]2O1.OCC1O[C@H]2CC/C=C/CC[C@H]2O1.[H-].[K+]. The summed E-state index contributed by atoms with van der Waals surface area (Å²) in [6, 6.07) is 0. The molecule has 10 nitrogen and oxygen atoms in total. The molecule has 1 N–H and O–H groups in total. The smallest absolute Gasteiger partial charge is 1.00 e. The fourth-order valence-corrected chi connectivity index (χ4v) is 5.26. The van der Waals surface area contributed by atoms with Gasteiger partial charge in [-0.3, -0.25) is 0 Å². The van der Waals surface area contributed by atoms with Crippen molar-refractivity contribution in [2.75, 3.05) is 72.7 Å². The Morgan fingerprint density at radius 3 is 1.13 bits per heavy atom. The van der Waals surface area contributed by atoms with Crippen LogP contribution in [0.2, 0.25) is 0 Å². The molecule has 0 aromatic heterocycles. The Morgan fingerprint density at radius 2 is 0.804 bits per heavy atom. The minimum absolute atomic E-state index is 0. The minimum atomic E-state index is -0.381. The first-order chi connectivity index (χ1) is 22.2. The van der Waals surface area contributed by atoms with E-state index in [-0.39, 0.29) is 96.4 Å². The summed E-state index contributed by atoms with van der Waals surface area (Å²) in [5.41, 5.74) is 0. The Balaban J connectivity index is 0.000000725. The van der Waals surface area contributed by atoms with E-state index in [2.05, 4.69) is 45.1 Å². The van der Waals surface area contributed by atoms with Crippen molar-refractivity contribution in [1.29, 1.82) is 0 Å². The van der Waals surface area contributed by atoms with Gasteiger partial charge in [0.05, 0.1) is 77.3 Å². The van der Waals surface area contributed by atoms with Gasteiger partial charge in [0, 0.05) is 19.8 Å². The van der Waals surface area contributed by atoms with Crippen LogP contribution in [-0.2, 0) is 42.6 Å². The maximum Gasteiger partial charge on any atom is 1.00 e. The molecule has 0 aromatic rings. The van der Waals surface area contributed by atoms with E-state index in [1.807, 2.05) is 0 Å². The van der Waals surface area contributed by atoms with Crippen molar-refractivity contribution in [3.8, 4) is 0 Å². The molecule has 0 amide bonds. The zero-order valence-corrected chi connectivity index (χ0v) is 32.6. The molecule has 6 atom stereocenters. The standard InChI is InChI=1S/C17H30O5.C10H16O3.C8H18O2.K.H/c1-2-9-18-10-11-19-12-13-20-14-17-21-15-7-5-3-4-6-8-16(15)22-17;11-7-10-12-8-5-3-1-2-4-6-9(8)13-10;1-3-5-9-7-8-10-6-4-2;;/h3-4,15-17H,2,5-14H2,1H3;1-2,8-11H,3-7H2;3-8H2,1-2H3;;/q;;;+1;-1/b4-3+;2-1+;;;/t15-,16+,17?;8-,9+,10?;;;. The molecule has 2 fully saturated rings. The predicted molar refractivity (Wildman–Crippen MR) is 175 cm³/mol. The zero-order chi connectivity index (χ0) is 32.2. The molecule has 2 heterocycles. The van der Waals surface area contributed by atoms with Crippen LogP contribution in [0, 0.1) is 0 Å². The van der Waals surface area contributed by atoms with Gasteiger partial charge in [-0.2, -0.15) is 0 Å². The fourth-order valence-electron chi connectivity index (χ4n) is 5.26. The van der Waals surface area contributed by atoms with Crippen molar-refractivity contribution in [3.63, 3.8) is 0 Å². The summed E-state index contributed by atoms with van der Waals surface area (Å²) >= 11 is 0. The van der Waals surface area contributed by atoms with Gasteiger partial charge in [0.2, 0.25) is 0 Å². The van der Waals surface area contributed by atoms with Crippen molar-refractivity contribution in [2.24, 2.45) is 0 Å². The van der Waals surface area contributed by atoms with Gasteiger partial charge in [0.15, 0.2) is 12.6 Å². The van der Waals surface area contributed by atoms with E-state index in [1.165, 1.54) is 0 Å². The van der Waals surface area contributed by atoms with Crippen molar-refractivity contribution >= 4 is 0 Å². The summed E-state index contributed by atoms with van der Waals surface area (Å²) in [6.07, 6.45) is 20.7. The van der Waals surface area contributed by atoms with Crippen LogP contribution in [-0.4, -0.2) is 115 Å². The Kier molecular flexibility index (Phi) is 30.8. The van der Waals surface area contributed by atoms with E-state index in [9.17, 15) is 0 Å². The van der Waals surface area contributed by atoms with Crippen LogP contribution in [0.15, 0.2) is 24.3 Å². The largest absolute Gasteiger partial charge is 1.00 e. The summed E-state index contributed by atoms with van der Waals surface area (Å²) in [4.78, 5) is 0. The Hall–Kier alpha value is 0.716.